The van der Waals surface area contributed by atoms with Gasteiger partial charge in [0, 0.05) is 19.0 Å². The van der Waals surface area contributed by atoms with Crippen molar-refractivity contribution in [2.75, 3.05) is 19.0 Å². The Hall–Kier alpha value is -0.520. The minimum Gasteiger partial charge on any atom is -0.481 e. The number of nitrogens with one attached hydrogen (secondary N) is 1. The molecule has 0 aliphatic heterocycles. The Bertz CT molecular complexity index is 189. The second-order valence-corrected chi connectivity index (χ2v) is 2.90. The van der Waals surface area contributed by atoms with Gasteiger partial charge in [-0.25, -0.2) is 0 Å². The Labute approximate surface area is 92.8 Å². The molecular weight excluding hydrogens is 233 g/mol. The number of halogens is 2. The van der Waals surface area contributed by atoms with E-state index in [1.807, 2.05) is 0 Å². The maximum absolute atomic E-state index is 10.5. The third-order valence-electron chi connectivity index (χ3n) is 1.43. The lowest BCUT2D eigenvalue weighted by atomic mass is 10.1. The first-order chi connectivity index (χ1) is 6.07. The molecule has 0 aromatic carbocycles. The smallest absolute Gasteiger partial charge is 0.308 e. The minimum atomic E-state index is -1.11. The molecular formula is C7H13Cl2NO4. The Balaban J connectivity index is 0. The van der Waals surface area contributed by atoms with Crippen LogP contribution >= 0.6 is 24.0 Å². The predicted octanol–water partition coefficient (Wildman–Crippen LogP) is 0.412. The first-order valence-electron chi connectivity index (χ1n) is 3.79. The van der Waals surface area contributed by atoms with Gasteiger partial charge in [-0.2, -0.15) is 0 Å². The molecule has 0 heterocycles. The van der Waals surface area contributed by atoms with Crippen LogP contribution < -0.4 is 5.32 Å². The van der Waals surface area contributed by atoms with Crippen molar-refractivity contribution in [1.82, 2.24) is 5.32 Å². The van der Waals surface area contributed by atoms with Crippen LogP contribution in [0.2, 0.25) is 0 Å². The summed E-state index contributed by atoms with van der Waals surface area (Å²) in [5.74, 6) is -2.73. The lowest BCUT2D eigenvalue weighted by Crippen LogP contribution is -2.31. The van der Waals surface area contributed by atoms with E-state index in [9.17, 15) is 9.59 Å². The molecule has 0 aromatic heterocycles. The second kappa shape index (κ2) is 9.05. The maximum atomic E-state index is 10.5. The Morgan fingerprint density at radius 2 is 1.93 bits per heavy atom. The van der Waals surface area contributed by atoms with Gasteiger partial charge < -0.3 is 15.5 Å². The molecule has 0 fully saturated rings. The molecule has 0 aliphatic rings. The molecule has 5 nitrogen and oxygen atoms in total. The van der Waals surface area contributed by atoms with Gasteiger partial charge in [0.05, 0.1) is 12.3 Å². The number of alkyl halides is 1. The molecule has 0 aliphatic carbocycles. The van der Waals surface area contributed by atoms with E-state index in [1.165, 1.54) is 0 Å². The summed E-state index contributed by atoms with van der Waals surface area (Å²) < 4.78 is 0. The van der Waals surface area contributed by atoms with Crippen LogP contribution in [0.4, 0.5) is 0 Å². The van der Waals surface area contributed by atoms with Crippen LogP contribution in [0.25, 0.3) is 0 Å². The molecule has 0 aromatic rings. The average molecular weight is 246 g/mol. The van der Waals surface area contributed by atoms with Gasteiger partial charge in [0.15, 0.2) is 0 Å². The maximum Gasteiger partial charge on any atom is 0.308 e. The van der Waals surface area contributed by atoms with Crippen LogP contribution in [-0.4, -0.2) is 41.1 Å². The fraction of sp³-hybridized carbons (Fsp3) is 0.714. The quantitative estimate of drug-likeness (QED) is 0.447. The molecule has 0 bridgehead atoms. The third kappa shape index (κ3) is 8.10. The first kappa shape index (κ1) is 15.9. The zero-order chi connectivity index (χ0) is 10.3. The highest BCUT2D eigenvalue weighted by Crippen LogP contribution is 2.01. The summed E-state index contributed by atoms with van der Waals surface area (Å²) in [6.07, 6.45) is -0.370. The monoisotopic (exact) mass is 245 g/mol. The van der Waals surface area contributed by atoms with E-state index in [0.29, 0.717) is 12.4 Å². The molecule has 14 heavy (non-hydrogen) atoms. The number of carboxylic acid groups (broad SMARTS) is 2. The predicted molar refractivity (Wildman–Crippen MR) is 54.2 cm³/mol. The Morgan fingerprint density at radius 1 is 1.36 bits per heavy atom. The highest BCUT2D eigenvalue weighted by molar-refractivity contribution is 6.18. The van der Waals surface area contributed by atoms with E-state index in [2.05, 4.69) is 5.32 Å². The summed E-state index contributed by atoms with van der Waals surface area (Å²) in [6, 6.07) is 0. The second-order valence-electron chi connectivity index (χ2n) is 2.53. The average Bonchev–Trinajstić information content (AvgIpc) is 2.02. The largest absolute Gasteiger partial charge is 0.481 e. The fourth-order valence-corrected chi connectivity index (χ4v) is 0.934. The number of rotatable bonds is 7. The van der Waals surface area contributed by atoms with Crippen molar-refractivity contribution in [3.8, 4) is 0 Å². The van der Waals surface area contributed by atoms with Gasteiger partial charge in [-0.05, 0) is 0 Å². The number of aliphatic carboxylic acids is 2. The number of hydrogen-bond donors (Lipinski definition) is 3. The van der Waals surface area contributed by atoms with Gasteiger partial charge in [-0.1, -0.05) is 0 Å². The lowest BCUT2D eigenvalue weighted by Gasteiger charge is -2.09. The zero-order valence-corrected chi connectivity index (χ0v) is 8.98. The van der Waals surface area contributed by atoms with Crippen LogP contribution in [0.1, 0.15) is 6.42 Å². The summed E-state index contributed by atoms with van der Waals surface area (Å²) in [5.41, 5.74) is 0. The molecule has 84 valence electrons. The number of hydrogen-bond acceptors (Lipinski definition) is 3. The highest BCUT2D eigenvalue weighted by Gasteiger charge is 2.19. The van der Waals surface area contributed by atoms with Gasteiger partial charge in [-0.3, -0.25) is 9.59 Å². The van der Waals surface area contributed by atoms with Crippen LogP contribution in [0.3, 0.4) is 0 Å². The molecule has 7 heteroatoms. The Kier molecular flexibility index (Phi) is 10.3. The number of carbonyl (C=O) groups is 2. The summed E-state index contributed by atoms with van der Waals surface area (Å²) in [4.78, 5) is 20.7. The summed E-state index contributed by atoms with van der Waals surface area (Å²) in [5, 5.41) is 19.7. The van der Waals surface area contributed by atoms with Gasteiger partial charge in [0.2, 0.25) is 0 Å². The van der Waals surface area contributed by atoms with Crippen molar-refractivity contribution in [2.45, 2.75) is 6.42 Å². The molecule has 0 amide bonds. The highest BCUT2D eigenvalue weighted by atomic mass is 35.5. The summed E-state index contributed by atoms with van der Waals surface area (Å²) in [6.45, 7) is 0.610. The van der Waals surface area contributed by atoms with E-state index in [1.54, 1.807) is 0 Å². The molecule has 0 radical (unpaired) electrons. The van der Waals surface area contributed by atoms with Gasteiger partial charge in [0.1, 0.15) is 0 Å². The van der Waals surface area contributed by atoms with E-state index >= 15 is 0 Å². The lowest BCUT2D eigenvalue weighted by molar-refractivity contribution is -0.148. The van der Waals surface area contributed by atoms with E-state index in [0.717, 1.165) is 0 Å². The molecule has 1 atom stereocenters. The molecule has 1 unspecified atom stereocenters. The van der Waals surface area contributed by atoms with Gasteiger partial charge in [0.25, 0.3) is 0 Å². The zero-order valence-electron chi connectivity index (χ0n) is 7.40. The van der Waals surface area contributed by atoms with E-state index < -0.39 is 17.9 Å². The topological polar surface area (TPSA) is 86.6 Å². The van der Waals surface area contributed by atoms with Crippen molar-refractivity contribution >= 4 is 35.9 Å². The Morgan fingerprint density at radius 3 is 2.29 bits per heavy atom. The van der Waals surface area contributed by atoms with E-state index in [-0.39, 0.29) is 25.4 Å². The fourth-order valence-electron chi connectivity index (χ4n) is 0.801. The van der Waals surface area contributed by atoms with Gasteiger partial charge >= 0.3 is 11.9 Å². The van der Waals surface area contributed by atoms with Crippen LogP contribution in [-0.2, 0) is 9.59 Å². The van der Waals surface area contributed by atoms with E-state index in [4.69, 9.17) is 21.8 Å². The first-order valence-corrected chi connectivity index (χ1v) is 4.32. The number of carboxylic acids is 2. The molecule has 0 saturated heterocycles. The minimum absolute atomic E-state index is 0. The van der Waals surface area contributed by atoms with Crippen molar-refractivity contribution in [2.24, 2.45) is 5.92 Å². The standard InChI is InChI=1S/C7H12ClNO4.ClH/c8-1-2-9-4-5(7(12)13)3-6(10)11;/h5,9H,1-4H2,(H,10,11)(H,12,13);1H. The van der Waals surface area contributed by atoms with Crippen molar-refractivity contribution < 1.29 is 19.8 Å². The van der Waals surface area contributed by atoms with Crippen LogP contribution in [0.5, 0.6) is 0 Å². The third-order valence-corrected chi connectivity index (χ3v) is 1.62. The molecule has 0 saturated carbocycles. The van der Waals surface area contributed by atoms with Gasteiger partial charge in [-0.15, -0.1) is 24.0 Å². The van der Waals surface area contributed by atoms with Crippen molar-refractivity contribution in [3.63, 3.8) is 0 Å². The SMILES string of the molecule is Cl.O=C(O)CC(CNCCCl)C(=O)O. The molecule has 3 N–H and O–H groups in total. The summed E-state index contributed by atoms with van der Waals surface area (Å²) in [7, 11) is 0. The summed E-state index contributed by atoms with van der Waals surface area (Å²) >= 11 is 5.34. The normalized spacial score (nSPS) is 11.5. The van der Waals surface area contributed by atoms with Crippen molar-refractivity contribution in [1.29, 1.82) is 0 Å². The molecule has 0 spiro atoms. The van der Waals surface area contributed by atoms with Crippen LogP contribution in [0, 0.1) is 5.92 Å². The molecule has 0 rings (SSSR count). The van der Waals surface area contributed by atoms with Crippen LogP contribution in [0.15, 0.2) is 0 Å². The van der Waals surface area contributed by atoms with Crippen molar-refractivity contribution in [3.05, 3.63) is 0 Å².